The van der Waals surface area contributed by atoms with Crippen LogP contribution in [0.2, 0.25) is 0 Å². The average molecular weight is 403 g/mol. The zero-order valence-corrected chi connectivity index (χ0v) is 15.5. The van der Waals surface area contributed by atoms with Gasteiger partial charge in [0, 0.05) is 24.1 Å². The summed E-state index contributed by atoms with van der Waals surface area (Å²) in [6, 6.07) is 4.70. The van der Waals surface area contributed by atoms with E-state index in [1.807, 2.05) is 19.1 Å². The van der Waals surface area contributed by atoms with Crippen molar-refractivity contribution in [3.05, 3.63) is 83.0 Å². The lowest BCUT2D eigenvalue weighted by atomic mass is 9.99. The number of hydrazine groups is 1. The Hall–Kier alpha value is -3.20. The fourth-order valence-electron chi connectivity index (χ4n) is 3.48. The van der Waals surface area contributed by atoms with E-state index in [0.29, 0.717) is 17.9 Å². The van der Waals surface area contributed by atoms with Gasteiger partial charge in [0.1, 0.15) is 11.9 Å². The predicted molar refractivity (Wildman–Crippen MR) is 101 cm³/mol. The van der Waals surface area contributed by atoms with Crippen molar-refractivity contribution in [3.8, 4) is 0 Å². The molecule has 0 fully saturated rings. The number of amides is 1. The normalized spacial score (nSPS) is 23.3. The lowest BCUT2D eigenvalue weighted by Gasteiger charge is -2.35. The summed E-state index contributed by atoms with van der Waals surface area (Å²) in [5.41, 5.74) is 4.31. The lowest BCUT2D eigenvalue weighted by Crippen LogP contribution is -2.51. The molecule has 1 aromatic rings. The monoisotopic (exact) mass is 403 g/mol. The van der Waals surface area contributed by atoms with Crippen LogP contribution in [0, 0.1) is 0 Å². The Morgan fingerprint density at radius 1 is 1.24 bits per heavy atom. The maximum Gasteiger partial charge on any atom is 0.416 e. The van der Waals surface area contributed by atoms with Crippen LogP contribution in [-0.2, 0) is 11.0 Å². The molecule has 0 saturated carbocycles. The van der Waals surface area contributed by atoms with Gasteiger partial charge in [-0.25, -0.2) is 5.43 Å². The number of rotatable bonds is 3. The highest BCUT2D eigenvalue weighted by Crippen LogP contribution is 2.36. The summed E-state index contributed by atoms with van der Waals surface area (Å²) in [6.45, 7) is 2.50. The van der Waals surface area contributed by atoms with Crippen molar-refractivity contribution >= 4 is 5.91 Å². The van der Waals surface area contributed by atoms with E-state index in [9.17, 15) is 18.0 Å². The van der Waals surface area contributed by atoms with E-state index in [4.69, 9.17) is 0 Å². The molecule has 0 radical (unpaired) electrons. The first-order valence-electron chi connectivity index (χ1n) is 9.13. The van der Waals surface area contributed by atoms with Gasteiger partial charge in [-0.05, 0) is 36.8 Å². The number of nitrogens with one attached hydrogen (secondary N) is 4. The molecule has 0 spiro atoms. The second kappa shape index (κ2) is 7.32. The molecule has 3 aliphatic heterocycles. The van der Waals surface area contributed by atoms with Crippen molar-refractivity contribution in [1.82, 2.24) is 26.4 Å². The molecule has 6 nitrogen and oxygen atoms in total. The molecule has 2 unspecified atom stereocenters. The number of fused-ring (bicyclic) bond motifs is 1. The number of hydrogen-bond acceptors (Lipinski definition) is 5. The zero-order valence-electron chi connectivity index (χ0n) is 15.5. The van der Waals surface area contributed by atoms with E-state index >= 15 is 0 Å². The van der Waals surface area contributed by atoms with Gasteiger partial charge in [-0.3, -0.25) is 9.80 Å². The Morgan fingerprint density at radius 3 is 2.79 bits per heavy atom. The van der Waals surface area contributed by atoms with E-state index in [-0.39, 0.29) is 17.6 Å². The van der Waals surface area contributed by atoms with E-state index in [0.717, 1.165) is 11.8 Å². The molecule has 152 valence electrons. The van der Waals surface area contributed by atoms with E-state index in [2.05, 4.69) is 21.4 Å². The number of halogens is 3. The van der Waals surface area contributed by atoms with Crippen LogP contribution in [0.25, 0.3) is 0 Å². The molecule has 4 rings (SSSR count). The van der Waals surface area contributed by atoms with Gasteiger partial charge in [-0.2, -0.15) is 13.2 Å². The Kier molecular flexibility index (Phi) is 4.83. The zero-order chi connectivity index (χ0) is 20.6. The molecule has 1 aromatic carbocycles. The summed E-state index contributed by atoms with van der Waals surface area (Å²) in [5.74, 6) is -0.358. The molecule has 3 heterocycles. The molecule has 0 aliphatic carbocycles. The summed E-state index contributed by atoms with van der Waals surface area (Å²) in [7, 11) is 0. The number of nitrogens with zero attached hydrogens (tertiary/aromatic N) is 1. The number of alkyl halides is 3. The highest BCUT2D eigenvalue weighted by atomic mass is 19.4. The van der Waals surface area contributed by atoms with Gasteiger partial charge in [0.25, 0.3) is 5.91 Å². The molecular formula is C20H20F3N5O. The summed E-state index contributed by atoms with van der Waals surface area (Å²) >= 11 is 0. The third-order valence-electron chi connectivity index (χ3n) is 4.86. The molecule has 0 saturated heterocycles. The number of hydrogen-bond donors (Lipinski definition) is 4. The second-order valence-electron chi connectivity index (χ2n) is 6.91. The topological polar surface area (TPSA) is 68.4 Å². The molecule has 0 bridgehead atoms. The maximum absolute atomic E-state index is 13.4. The van der Waals surface area contributed by atoms with Crippen LogP contribution in [0.5, 0.6) is 0 Å². The van der Waals surface area contributed by atoms with Gasteiger partial charge in [-0.15, -0.1) is 0 Å². The Balaban J connectivity index is 1.53. The number of allylic oxidation sites excluding steroid dienone is 2. The smallest absolute Gasteiger partial charge is 0.385 e. The number of carbonyl (C=O) groups excluding carboxylic acids is 1. The van der Waals surface area contributed by atoms with Gasteiger partial charge in [0.15, 0.2) is 0 Å². The van der Waals surface area contributed by atoms with Crippen molar-refractivity contribution in [2.24, 2.45) is 0 Å². The van der Waals surface area contributed by atoms with Gasteiger partial charge < -0.3 is 16.0 Å². The maximum atomic E-state index is 13.4. The highest BCUT2D eigenvalue weighted by molar-refractivity contribution is 5.94. The standard InChI is InChI=1S/C20H20F3N5O/c1-12-10-13(8-9-24-12)26-19(29)17-11-25-18-7-6-16(27-28(17)18)14-4-2-3-5-15(14)20(21,22)23/h2-8,10-11,16,18,24-25,27H,9H2,1H3,(H,26,29). The van der Waals surface area contributed by atoms with E-state index < -0.39 is 17.8 Å². The Labute approximate surface area is 165 Å². The fraction of sp³-hybridized carbons (Fsp3) is 0.250. The third-order valence-corrected chi connectivity index (χ3v) is 4.86. The van der Waals surface area contributed by atoms with Crippen LogP contribution in [0.15, 0.2) is 71.9 Å². The van der Waals surface area contributed by atoms with Crippen LogP contribution >= 0.6 is 0 Å². The van der Waals surface area contributed by atoms with Crippen LogP contribution in [-0.4, -0.2) is 23.6 Å². The second-order valence-corrected chi connectivity index (χ2v) is 6.91. The van der Waals surface area contributed by atoms with Gasteiger partial charge in [-0.1, -0.05) is 24.3 Å². The largest absolute Gasteiger partial charge is 0.416 e. The Bertz CT molecular complexity index is 948. The average Bonchev–Trinajstić information content (AvgIpc) is 3.10. The lowest BCUT2D eigenvalue weighted by molar-refractivity contribution is -0.138. The molecule has 29 heavy (non-hydrogen) atoms. The van der Waals surface area contributed by atoms with Crippen LogP contribution in [0.4, 0.5) is 13.2 Å². The summed E-state index contributed by atoms with van der Waals surface area (Å²) in [6.07, 6.45) is 3.78. The first-order chi connectivity index (χ1) is 13.8. The van der Waals surface area contributed by atoms with Crippen LogP contribution in [0.3, 0.4) is 0 Å². The molecule has 3 aliphatic rings. The van der Waals surface area contributed by atoms with Gasteiger partial charge in [0.2, 0.25) is 0 Å². The molecular weight excluding hydrogens is 383 g/mol. The molecule has 4 N–H and O–H groups in total. The molecule has 2 atom stereocenters. The quantitative estimate of drug-likeness (QED) is 0.584. The van der Waals surface area contributed by atoms with E-state index in [1.165, 1.54) is 12.1 Å². The minimum atomic E-state index is -4.46. The van der Waals surface area contributed by atoms with Crippen molar-refractivity contribution in [2.45, 2.75) is 25.3 Å². The predicted octanol–water partition coefficient (Wildman–Crippen LogP) is 2.40. The van der Waals surface area contributed by atoms with Crippen molar-refractivity contribution in [1.29, 1.82) is 0 Å². The summed E-state index contributed by atoms with van der Waals surface area (Å²) < 4.78 is 40.2. The third kappa shape index (κ3) is 3.86. The first-order valence-corrected chi connectivity index (χ1v) is 9.13. The minimum Gasteiger partial charge on any atom is -0.385 e. The summed E-state index contributed by atoms with van der Waals surface area (Å²) in [4.78, 5) is 12.7. The van der Waals surface area contributed by atoms with Crippen molar-refractivity contribution in [3.63, 3.8) is 0 Å². The van der Waals surface area contributed by atoms with Crippen LogP contribution < -0.4 is 21.4 Å². The van der Waals surface area contributed by atoms with Gasteiger partial charge >= 0.3 is 6.18 Å². The number of carbonyl (C=O) groups is 1. The Morgan fingerprint density at radius 2 is 2.03 bits per heavy atom. The SMILES string of the molecule is CC1=CC(NC(=O)C2=CNC3C=CC(c4ccccc4C(F)(F)F)NN23)=CCN1. The molecule has 1 amide bonds. The highest BCUT2D eigenvalue weighted by Gasteiger charge is 2.38. The molecule has 9 heteroatoms. The summed E-state index contributed by atoms with van der Waals surface area (Å²) in [5, 5.41) is 10.5. The minimum absolute atomic E-state index is 0.0981. The van der Waals surface area contributed by atoms with Crippen LogP contribution in [0.1, 0.15) is 24.1 Å². The van der Waals surface area contributed by atoms with Gasteiger partial charge in [0.05, 0.1) is 11.6 Å². The molecule has 0 aromatic heterocycles. The van der Waals surface area contributed by atoms with Crippen molar-refractivity contribution < 1.29 is 18.0 Å². The number of dihydropyridines is 1. The van der Waals surface area contributed by atoms with E-state index in [1.54, 1.807) is 29.4 Å². The fourth-order valence-corrected chi connectivity index (χ4v) is 3.48. The van der Waals surface area contributed by atoms with Crippen molar-refractivity contribution in [2.75, 3.05) is 6.54 Å². The first kappa shape index (κ1) is 19.1. The number of benzene rings is 1.